The summed E-state index contributed by atoms with van der Waals surface area (Å²) in [6.07, 6.45) is 0.634. The predicted molar refractivity (Wildman–Crippen MR) is 108 cm³/mol. The lowest BCUT2D eigenvalue weighted by atomic mass is 10.1. The first-order valence-corrected chi connectivity index (χ1v) is 9.50. The molecule has 0 bridgehead atoms. The maximum Gasteiger partial charge on any atom is 0.277 e. The van der Waals surface area contributed by atoms with E-state index in [0.717, 1.165) is 5.56 Å². The number of amides is 3. The van der Waals surface area contributed by atoms with Gasteiger partial charge in [-0.1, -0.05) is 17.7 Å². The number of carbonyl (C=O) groups is 3. The summed E-state index contributed by atoms with van der Waals surface area (Å²) in [7, 11) is 2.88. The van der Waals surface area contributed by atoms with E-state index < -0.39 is 5.91 Å². The molecule has 1 saturated heterocycles. The molecule has 3 rings (SSSR count). The molecule has 0 atom stereocenters. The van der Waals surface area contributed by atoms with Crippen LogP contribution in [0.25, 0.3) is 0 Å². The minimum atomic E-state index is -0.405. The van der Waals surface area contributed by atoms with Crippen molar-refractivity contribution in [2.45, 2.75) is 13.3 Å². The Morgan fingerprint density at radius 2 is 1.70 bits per heavy atom. The van der Waals surface area contributed by atoms with Crippen LogP contribution in [-0.4, -0.2) is 66.6 Å². The first-order chi connectivity index (χ1) is 14.4. The van der Waals surface area contributed by atoms with Crippen molar-refractivity contribution >= 4 is 17.7 Å². The Bertz CT molecular complexity index is 945. The molecule has 9 nitrogen and oxygen atoms in total. The van der Waals surface area contributed by atoms with Gasteiger partial charge >= 0.3 is 0 Å². The van der Waals surface area contributed by atoms with Crippen LogP contribution in [0, 0.1) is 6.92 Å². The standard InChI is InChI=1S/C21H24N4O5/c1-14-5-7-15(8-6-14)19(27)22-13-18(26)24-11-4-12-25(24)21(28)16-9-10-17(29-2)23-20(16)30-3/h5-10H,4,11-13H2,1-3H3,(H,22,27). The molecule has 0 unspecified atom stereocenters. The second-order valence-corrected chi connectivity index (χ2v) is 6.76. The van der Waals surface area contributed by atoms with Gasteiger partial charge in [0, 0.05) is 24.7 Å². The summed E-state index contributed by atoms with van der Waals surface area (Å²) in [6, 6.07) is 10.2. The maximum atomic E-state index is 13.0. The van der Waals surface area contributed by atoms with Gasteiger partial charge in [0.15, 0.2) is 0 Å². The number of nitrogens with one attached hydrogen (secondary N) is 1. The third kappa shape index (κ3) is 4.51. The molecule has 2 aromatic rings. The van der Waals surface area contributed by atoms with Crippen molar-refractivity contribution in [3.05, 3.63) is 53.1 Å². The van der Waals surface area contributed by atoms with Crippen molar-refractivity contribution in [1.82, 2.24) is 20.3 Å². The number of rotatable bonds is 6. The van der Waals surface area contributed by atoms with Crippen molar-refractivity contribution in [3.63, 3.8) is 0 Å². The molecular weight excluding hydrogens is 388 g/mol. The Morgan fingerprint density at radius 3 is 2.37 bits per heavy atom. The number of aromatic nitrogens is 1. The van der Waals surface area contributed by atoms with Crippen molar-refractivity contribution in [3.8, 4) is 11.8 Å². The quantitative estimate of drug-likeness (QED) is 0.770. The molecule has 1 aromatic heterocycles. The van der Waals surface area contributed by atoms with Crippen LogP contribution in [0.15, 0.2) is 36.4 Å². The number of hydrogen-bond donors (Lipinski definition) is 1. The van der Waals surface area contributed by atoms with Gasteiger partial charge in [-0.25, -0.2) is 10.0 Å². The first kappa shape index (κ1) is 21.1. The van der Waals surface area contributed by atoms with Crippen LogP contribution < -0.4 is 14.8 Å². The molecule has 0 radical (unpaired) electrons. The Hall–Kier alpha value is -3.62. The van der Waals surface area contributed by atoms with Gasteiger partial charge in [-0.3, -0.25) is 14.4 Å². The van der Waals surface area contributed by atoms with Crippen LogP contribution in [0.4, 0.5) is 0 Å². The van der Waals surface area contributed by atoms with Gasteiger partial charge < -0.3 is 14.8 Å². The lowest BCUT2D eigenvalue weighted by Gasteiger charge is -2.28. The minimum Gasteiger partial charge on any atom is -0.481 e. The molecule has 1 N–H and O–H groups in total. The smallest absolute Gasteiger partial charge is 0.277 e. The number of ether oxygens (including phenoxy) is 2. The summed E-state index contributed by atoms with van der Waals surface area (Å²) in [5, 5.41) is 5.31. The third-order valence-corrected chi connectivity index (χ3v) is 4.74. The molecular formula is C21H24N4O5. The zero-order valence-corrected chi connectivity index (χ0v) is 17.2. The molecule has 1 aliphatic heterocycles. The van der Waals surface area contributed by atoms with Crippen LogP contribution in [0.2, 0.25) is 0 Å². The van der Waals surface area contributed by atoms with E-state index in [9.17, 15) is 14.4 Å². The second kappa shape index (κ2) is 9.25. The van der Waals surface area contributed by atoms with Gasteiger partial charge in [0.2, 0.25) is 11.8 Å². The summed E-state index contributed by atoms with van der Waals surface area (Å²) in [6.45, 7) is 2.48. The number of hydrogen-bond acceptors (Lipinski definition) is 6. The zero-order valence-electron chi connectivity index (χ0n) is 17.2. The van der Waals surface area contributed by atoms with E-state index in [0.29, 0.717) is 31.0 Å². The van der Waals surface area contributed by atoms with E-state index in [2.05, 4.69) is 10.3 Å². The second-order valence-electron chi connectivity index (χ2n) is 6.76. The van der Waals surface area contributed by atoms with Crippen molar-refractivity contribution in [2.24, 2.45) is 0 Å². The summed E-state index contributed by atoms with van der Waals surface area (Å²) in [5.41, 5.74) is 1.73. The van der Waals surface area contributed by atoms with E-state index in [4.69, 9.17) is 9.47 Å². The number of pyridine rings is 1. The van der Waals surface area contributed by atoms with E-state index in [1.807, 2.05) is 19.1 Å². The summed E-state index contributed by atoms with van der Waals surface area (Å²) in [4.78, 5) is 42.1. The number of carbonyl (C=O) groups excluding carboxylic acids is 3. The highest BCUT2D eigenvalue weighted by molar-refractivity contribution is 5.99. The Balaban J connectivity index is 1.67. The van der Waals surface area contributed by atoms with Gasteiger partial charge in [-0.2, -0.15) is 4.98 Å². The van der Waals surface area contributed by atoms with Crippen LogP contribution in [-0.2, 0) is 4.79 Å². The Kier molecular flexibility index (Phi) is 6.51. The van der Waals surface area contributed by atoms with Crippen LogP contribution in [0.5, 0.6) is 11.8 Å². The van der Waals surface area contributed by atoms with Crippen LogP contribution >= 0.6 is 0 Å². The largest absolute Gasteiger partial charge is 0.481 e. The molecule has 0 spiro atoms. The molecule has 158 valence electrons. The molecule has 0 aliphatic carbocycles. The van der Waals surface area contributed by atoms with Crippen molar-refractivity contribution < 1.29 is 23.9 Å². The molecule has 1 fully saturated rings. The highest BCUT2D eigenvalue weighted by atomic mass is 16.5. The average molecular weight is 412 g/mol. The van der Waals surface area contributed by atoms with Gasteiger partial charge in [0.1, 0.15) is 5.56 Å². The number of hydrazine groups is 1. The monoisotopic (exact) mass is 412 g/mol. The lowest BCUT2D eigenvalue weighted by Crippen LogP contribution is -2.48. The first-order valence-electron chi connectivity index (χ1n) is 9.50. The van der Waals surface area contributed by atoms with Crippen LogP contribution in [0.3, 0.4) is 0 Å². The van der Waals surface area contributed by atoms with Gasteiger partial charge in [-0.15, -0.1) is 0 Å². The third-order valence-electron chi connectivity index (χ3n) is 4.74. The van der Waals surface area contributed by atoms with E-state index in [1.165, 1.54) is 24.2 Å². The summed E-state index contributed by atoms with van der Waals surface area (Å²) >= 11 is 0. The molecule has 1 aliphatic rings. The zero-order chi connectivity index (χ0) is 21.7. The number of benzene rings is 1. The van der Waals surface area contributed by atoms with Crippen LogP contribution in [0.1, 0.15) is 32.7 Å². The Morgan fingerprint density at radius 1 is 1.00 bits per heavy atom. The van der Waals surface area contributed by atoms with Gasteiger partial charge in [0.05, 0.1) is 20.8 Å². The molecule has 2 heterocycles. The SMILES string of the molecule is COc1ccc(C(=O)N2CCCN2C(=O)CNC(=O)c2ccc(C)cc2)c(OC)n1. The van der Waals surface area contributed by atoms with E-state index >= 15 is 0 Å². The molecule has 3 amide bonds. The van der Waals surface area contributed by atoms with E-state index in [-0.39, 0.29) is 29.8 Å². The van der Waals surface area contributed by atoms with Crippen molar-refractivity contribution in [1.29, 1.82) is 0 Å². The minimum absolute atomic E-state index is 0.117. The highest BCUT2D eigenvalue weighted by Gasteiger charge is 2.33. The molecule has 9 heteroatoms. The number of methoxy groups -OCH3 is 2. The van der Waals surface area contributed by atoms with E-state index in [1.54, 1.807) is 24.3 Å². The topological polar surface area (TPSA) is 101 Å². The summed E-state index contributed by atoms with van der Waals surface area (Å²) in [5.74, 6) is -0.691. The predicted octanol–water partition coefficient (Wildman–Crippen LogP) is 1.43. The molecule has 30 heavy (non-hydrogen) atoms. The van der Waals surface area contributed by atoms with Gasteiger partial charge in [-0.05, 0) is 31.5 Å². The number of aryl methyl sites for hydroxylation is 1. The number of nitrogens with zero attached hydrogens (tertiary/aromatic N) is 3. The summed E-state index contributed by atoms with van der Waals surface area (Å²) < 4.78 is 10.3. The molecule has 1 aromatic carbocycles. The molecule has 0 saturated carbocycles. The highest BCUT2D eigenvalue weighted by Crippen LogP contribution is 2.24. The Labute approximate surface area is 174 Å². The fraction of sp³-hybridized carbons (Fsp3) is 0.333. The lowest BCUT2D eigenvalue weighted by molar-refractivity contribution is -0.139. The van der Waals surface area contributed by atoms with Gasteiger partial charge in [0.25, 0.3) is 17.7 Å². The average Bonchev–Trinajstić information content (AvgIpc) is 3.26. The fourth-order valence-electron chi connectivity index (χ4n) is 3.13. The maximum absolute atomic E-state index is 13.0. The van der Waals surface area contributed by atoms with Crippen molar-refractivity contribution in [2.75, 3.05) is 33.9 Å². The normalized spacial score (nSPS) is 13.2. The fourth-order valence-corrected chi connectivity index (χ4v) is 3.13.